The Morgan fingerprint density at radius 1 is 1.21 bits per heavy atom. The fourth-order valence-corrected chi connectivity index (χ4v) is 5.76. The van der Waals surface area contributed by atoms with Gasteiger partial charge < -0.3 is 10.1 Å². The van der Waals surface area contributed by atoms with E-state index in [1.165, 1.54) is 23.1 Å². The number of aromatic nitrogens is 4. The average Bonchev–Trinajstić information content (AvgIpc) is 3.57. The molecule has 4 aromatic rings. The third-order valence-corrected chi connectivity index (χ3v) is 7.70. The minimum atomic E-state index is -0.0681. The summed E-state index contributed by atoms with van der Waals surface area (Å²) in [7, 11) is 0. The first-order valence-corrected chi connectivity index (χ1v) is 13.0. The summed E-state index contributed by atoms with van der Waals surface area (Å²) in [6, 6.07) is 15.7. The summed E-state index contributed by atoms with van der Waals surface area (Å²) >= 11 is 2.56. The smallest absolute Gasteiger partial charge is 0.308 e. The van der Waals surface area contributed by atoms with Crippen LogP contribution in [0.25, 0.3) is 15.9 Å². The van der Waals surface area contributed by atoms with Gasteiger partial charge >= 0.3 is 4.87 Å². The van der Waals surface area contributed by atoms with E-state index in [0.717, 1.165) is 40.9 Å². The molecule has 8 nitrogen and oxygen atoms in total. The molecule has 0 saturated carbocycles. The Labute approximate surface area is 205 Å². The van der Waals surface area contributed by atoms with E-state index in [1.54, 1.807) is 4.57 Å². The Morgan fingerprint density at radius 2 is 2.03 bits per heavy atom. The van der Waals surface area contributed by atoms with E-state index < -0.39 is 0 Å². The van der Waals surface area contributed by atoms with Crippen molar-refractivity contribution in [3.8, 4) is 5.69 Å². The zero-order valence-corrected chi connectivity index (χ0v) is 20.4. The molecule has 10 heteroatoms. The number of amides is 1. The summed E-state index contributed by atoms with van der Waals surface area (Å²) in [5.41, 5.74) is 2.85. The van der Waals surface area contributed by atoms with E-state index in [-0.39, 0.29) is 29.2 Å². The van der Waals surface area contributed by atoms with Gasteiger partial charge in [0.1, 0.15) is 0 Å². The third-order valence-electron chi connectivity index (χ3n) is 5.81. The molecule has 0 aliphatic carbocycles. The number of aryl methyl sites for hydroxylation is 1. The molecule has 2 aromatic carbocycles. The van der Waals surface area contributed by atoms with Gasteiger partial charge in [-0.05, 0) is 43.5 Å². The number of thiazole rings is 1. The third kappa shape index (κ3) is 4.79. The molecule has 0 radical (unpaired) electrons. The monoisotopic (exact) mass is 495 g/mol. The van der Waals surface area contributed by atoms with Crippen molar-refractivity contribution >= 4 is 39.2 Å². The summed E-state index contributed by atoms with van der Waals surface area (Å²) in [4.78, 5) is 25.1. The van der Waals surface area contributed by atoms with Crippen LogP contribution in [0.4, 0.5) is 0 Å². The predicted octanol–water partition coefficient (Wildman–Crippen LogP) is 3.39. The molecule has 1 fully saturated rings. The highest BCUT2D eigenvalue weighted by Gasteiger charge is 2.20. The first-order valence-electron chi connectivity index (χ1n) is 11.2. The quantitative estimate of drug-likeness (QED) is 0.377. The van der Waals surface area contributed by atoms with Crippen LogP contribution in [0.3, 0.4) is 0 Å². The van der Waals surface area contributed by atoms with E-state index in [2.05, 4.69) is 15.5 Å². The fourth-order valence-electron chi connectivity index (χ4n) is 4.07. The second-order valence-electron chi connectivity index (χ2n) is 8.17. The zero-order valence-electron chi connectivity index (χ0n) is 18.8. The van der Waals surface area contributed by atoms with Crippen molar-refractivity contribution in [2.45, 2.75) is 37.6 Å². The molecule has 1 aliphatic rings. The number of fused-ring (bicyclic) bond motifs is 1. The molecule has 176 valence electrons. The van der Waals surface area contributed by atoms with Crippen molar-refractivity contribution in [1.82, 2.24) is 24.6 Å². The number of benzene rings is 2. The Morgan fingerprint density at radius 3 is 2.85 bits per heavy atom. The molecule has 1 aliphatic heterocycles. The van der Waals surface area contributed by atoms with Gasteiger partial charge in [-0.15, -0.1) is 10.2 Å². The summed E-state index contributed by atoms with van der Waals surface area (Å²) in [5, 5.41) is 12.4. The maximum atomic E-state index is 12.7. The second kappa shape index (κ2) is 10.1. The topological polar surface area (TPSA) is 91.0 Å². The van der Waals surface area contributed by atoms with Crippen molar-refractivity contribution in [3.63, 3.8) is 0 Å². The number of nitrogens with zero attached hydrogens (tertiary/aromatic N) is 4. The van der Waals surface area contributed by atoms with Crippen molar-refractivity contribution in [3.05, 3.63) is 69.6 Å². The van der Waals surface area contributed by atoms with Crippen molar-refractivity contribution in [2.24, 2.45) is 0 Å². The van der Waals surface area contributed by atoms with Gasteiger partial charge in [0.2, 0.25) is 5.91 Å². The van der Waals surface area contributed by atoms with E-state index in [0.29, 0.717) is 17.5 Å². The number of nitrogens with one attached hydrogen (secondary N) is 1. The molecule has 1 atom stereocenters. The summed E-state index contributed by atoms with van der Waals surface area (Å²) in [5.74, 6) is 0.793. The van der Waals surface area contributed by atoms with E-state index in [1.807, 2.05) is 60.0 Å². The number of thioether (sulfide) groups is 1. The van der Waals surface area contributed by atoms with E-state index >= 15 is 0 Å². The normalized spacial score (nSPS) is 15.7. The van der Waals surface area contributed by atoms with Gasteiger partial charge in [0, 0.05) is 13.2 Å². The molecule has 0 bridgehead atoms. The van der Waals surface area contributed by atoms with Gasteiger partial charge in [0.05, 0.1) is 34.3 Å². The molecule has 5 rings (SSSR count). The highest BCUT2D eigenvalue weighted by atomic mass is 32.2. The molecule has 0 spiro atoms. The minimum Gasteiger partial charge on any atom is -0.376 e. The van der Waals surface area contributed by atoms with Crippen LogP contribution in [0.1, 0.15) is 24.2 Å². The maximum Gasteiger partial charge on any atom is 0.308 e. The summed E-state index contributed by atoms with van der Waals surface area (Å²) < 4.78 is 10.2. The van der Waals surface area contributed by atoms with Crippen LogP contribution < -0.4 is 10.2 Å². The molecule has 34 heavy (non-hydrogen) atoms. The number of hydrogen-bond acceptors (Lipinski definition) is 7. The van der Waals surface area contributed by atoms with Gasteiger partial charge in [-0.25, -0.2) is 0 Å². The molecule has 1 N–H and O–H groups in total. The highest BCUT2D eigenvalue weighted by molar-refractivity contribution is 7.99. The molecule has 1 amide bonds. The van der Waals surface area contributed by atoms with Crippen molar-refractivity contribution < 1.29 is 9.53 Å². The van der Waals surface area contributed by atoms with Gasteiger partial charge in [-0.1, -0.05) is 53.4 Å². The fraction of sp³-hybridized carbons (Fsp3) is 0.333. The Bertz CT molecular complexity index is 1370. The number of carbonyl (C=O) groups is 1. The van der Waals surface area contributed by atoms with E-state index in [9.17, 15) is 9.59 Å². The summed E-state index contributed by atoms with van der Waals surface area (Å²) in [6.45, 7) is 3.60. The first kappa shape index (κ1) is 22.8. The average molecular weight is 496 g/mol. The lowest BCUT2D eigenvalue weighted by atomic mass is 10.2. The lowest BCUT2D eigenvalue weighted by molar-refractivity contribution is -0.119. The molecule has 1 saturated heterocycles. The molecule has 3 heterocycles. The van der Waals surface area contributed by atoms with Crippen molar-refractivity contribution in [1.29, 1.82) is 0 Å². The molecular weight excluding hydrogens is 470 g/mol. The van der Waals surface area contributed by atoms with Gasteiger partial charge in [-0.3, -0.25) is 18.7 Å². The minimum absolute atomic E-state index is 0.0387. The van der Waals surface area contributed by atoms with Crippen LogP contribution in [-0.2, 0) is 16.1 Å². The molecular formula is C24H25N5O3S2. The summed E-state index contributed by atoms with van der Waals surface area (Å²) in [6.07, 6.45) is 2.13. The molecule has 2 aromatic heterocycles. The second-order valence-corrected chi connectivity index (χ2v) is 10.1. The Kier molecular flexibility index (Phi) is 6.80. The number of para-hydroxylation sites is 2. The largest absolute Gasteiger partial charge is 0.376 e. The van der Waals surface area contributed by atoms with Gasteiger partial charge in [-0.2, -0.15) is 0 Å². The molecule has 0 unspecified atom stereocenters. The Hall–Kier alpha value is -2.95. The number of rotatable bonds is 8. The Balaban J connectivity index is 1.41. The van der Waals surface area contributed by atoms with Crippen LogP contribution in [0.15, 0.2) is 58.5 Å². The number of ether oxygens (including phenoxy) is 1. The van der Waals surface area contributed by atoms with E-state index in [4.69, 9.17) is 4.74 Å². The van der Waals surface area contributed by atoms with Crippen LogP contribution in [0.2, 0.25) is 0 Å². The van der Waals surface area contributed by atoms with Gasteiger partial charge in [0.15, 0.2) is 11.0 Å². The van der Waals surface area contributed by atoms with Crippen molar-refractivity contribution in [2.75, 3.05) is 18.9 Å². The van der Waals surface area contributed by atoms with Gasteiger partial charge in [0.25, 0.3) is 0 Å². The van der Waals surface area contributed by atoms with Crippen LogP contribution >= 0.6 is 23.1 Å². The highest BCUT2D eigenvalue weighted by Crippen LogP contribution is 2.26. The lowest BCUT2D eigenvalue weighted by Crippen LogP contribution is -2.32. The first-order chi connectivity index (χ1) is 16.6. The maximum absolute atomic E-state index is 12.7. The van der Waals surface area contributed by atoms with Crippen LogP contribution in [0.5, 0.6) is 0 Å². The SMILES string of the molecule is Cc1ccccc1-n1c(Cn2c(=O)sc3ccccc32)nnc1SCC(=O)NC[C@H]1CCCO1. The van der Waals surface area contributed by atoms with Crippen LogP contribution in [0, 0.1) is 6.92 Å². The number of hydrogen-bond donors (Lipinski definition) is 1. The van der Waals surface area contributed by atoms with Crippen LogP contribution in [-0.4, -0.2) is 50.2 Å². The predicted molar refractivity (Wildman–Crippen MR) is 134 cm³/mol. The lowest BCUT2D eigenvalue weighted by Gasteiger charge is -2.14. The standard InChI is InChI=1S/C24H25N5O3S2/c1-16-7-2-3-9-18(16)29-21(14-28-19-10-4-5-11-20(19)34-24(28)31)26-27-23(29)33-15-22(30)25-13-17-8-6-12-32-17/h2-5,7,9-11,17H,6,8,12-15H2,1H3,(H,25,30)/t17-/m1/s1. The zero-order chi connectivity index (χ0) is 23.5. The number of carbonyl (C=O) groups excluding carboxylic acids is 1.